The van der Waals surface area contributed by atoms with E-state index in [1.54, 1.807) is 0 Å². The lowest BCUT2D eigenvalue weighted by atomic mass is 10.1. The molecule has 1 nitrogen and oxygen atoms in total. The van der Waals surface area contributed by atoms with Crippen LogP contribution in [-0.4, -0.2) is 6.04 Å². The second-order valence-electron chi connectivity index (χ2n) is 5.02. The summed E-state index contributed by atoms with van der Waals surface area (Å²) in [7, 11) is 0. The fourth-order valence-corrected chi connectivity index (χ4v) is 2.42. The van der Waals surface area contributed by atoms with Crippen molar-refractivity contribution in [3.05, 3.63) is 34.9 Å². The van der Waals surface area contributed by atoms with Crippen LogP contribution in [-0.2, 0) is 0 Å². The van der Waals surface area contributed by atoms with Crippen molar-refractivity contribution in [2.75, 3.05) is 0 Å². The summed E-state index contributed by atoms with van der Waals surface area (Å²) in [5.41, 5.74) is 1.27. The molecule has 0 aliphatic heterocycles. The van der Waals surface area contributed by atoms with Gasteiger partial charge < -0.3 is 5.32 Å². The maximum Gasteiger partial charge on any atom is 0.0409 e. The molecule has 1 aromatic carbocycles. The van der Waals surface area contributed by atoms with Gasteiger partial charge in [0.25, 0.3) is 0 Å². The van der Waals surface area contributed by atoms with E-state index in [9.17, 15) is 0 Å². The third-order valence-electron chi connectivity index (χ3n) is 3.27. The van der Waals surface area contributed by atoms with Crippen LogP contribution in [0.3, 0.4) is 0 Å². The molecule has 0 radical (unpaired) electrons. The van der Waals surface area contributed by atoms with Crippen molar-refractivity contribution in [2.45, 2.75) is 45.2 Å². The van der Waals surface area contributed by atoms with Crippen molar-refractivity contribution in [3.8, 4) is 0 Å². The molecule has 1 saturated carbocycles. The highest BCUT2D eigenvalue weighted by Crippen LogP contribution is 2.33. The number of halogens is 1. The SMILES string of the molecule is CC(CC1CC1)N[C@@H](C)c1cccc(Cl)c1. The predicted molar refractivity (Wildman–Crippen MR) is 69.8 cm³/mol. The average Bonchev–Trinajstić information content (AvgIpc) is 3.01. The molecule has 0 aromatic heterocycles. The molecule has 0 bridgehead atoms. The summed E-state index contributed by atoms with van der Waals surface area (Å²) < 4.78 is 0. The Bertz CT molecular complexity index is 346. The summed E-state index contributed by atoms with van der Waals surface area (Å²) >= 11 is 5.99. The molecule has 2 rings (SSSR count). The minimum atomic E-state index is 0.382. The summed E-state index contributed by atoms with van der Waals surface area (Å²) in [6, 6.07) is 9.09. The van der Waals surface area contributed by atoms with Gasteiger partial charge in [0.1, 0.15) is 0 Å². The number of rotatable bonds is 5. The molecule has 1 N–H and O–H groups in total. The molecule has 0 spiro atoms. The molecule has 0 amide bonds. The third-order valence-corrected chi connectivity index (χ3v) is 3.50. The molecule has 0 saturated heterocycles. The number of hydrogen-bond acceptors (Lipinski definition) is 1. The lowest BCUT2D eigenvalue weighted by Gasteiger charge is -2.20. The van der Waals surface area contributed by atoms with Crippen molar-refractivity contribution in [1.29, 1.82) is 0 Å². The van der Waals surface area contributed by atoms with Gasteiger partial charge in [-0.1, -0.05) is 36.6 Å². The van der Waals surface area contributed by atoms with Crippen LogP contribution in [0.4, 0.5) is 0 Å². The van der Waals surface area contributed by atoms with Crippen LogP contribution in [0, 0.1) is 5.92 Å². The van der Waals surface area contributed by atoms with Crippen LogP contribution in [0.5, 0.6) is 0 Å². The van der Waals surface area contributed by atoms with Crippen LogP contribution in [0.2, 0.25) is 5.02 Å². The predicted octanol–water partition coefficient (Wildman–Crippen LogP) is 4.18. The van der Waals surface area contributed by atoms with E-state index in [1.165, 1.54) is 24.8 Å². The lowest BCUT2D eigenvalue weighted by Crippen LogP contribution is -2.29. The molecule has 1 aromatic rings. The van der Waals surface area contributed by atoms with Crippen molar-refractivity contribution in [3.63, 3.8) is 0 Å². The van der Waals surface area contributed by atoms with Crippen LogP contribution in [0.25, 0.3) is 0 Å². The van der Waals surface area contributed by atoms with Crippen LogP contribution in [0.15, 0.2) is 24.3 Å². The van der Waals surface area contributed by atoms with Crippen molar-refractivity contribution in [2.24, 2.45) is 5.92 Å². The van der Waals surface area contributed by atoms with Gasteiger partial charge in [-0.3, -0.25) is 0 Å². The van der Waals surface area contributed by atoms with Gasteiger partial charge in [-0.25, -0.2) is 0 Å². The second-order valence-corrected chi connectivity index (χ2v) is 5.46. The standard InChI is InChI=1S/C14H20ClN/c1-10(8-12-6-7-12)16-11(2)13-4-3-5-14(15)9-13/h3-5,9-12,16H,6-8H2,1-2H3/t10?,11-/m0/s1. The quantitative estimate of drug-likeness (QED) is 0.810. The van der Waals surface area contributed by atoms with E-state index in [2.05, 4.69) is 25.2 Å². The molecular weight excluding hydrogens is 218 g/mol. The molecular formula is C14H20ClN. The number of hydrogen-bond donors (Lipinski definition) is 1. The average molecular weight is 238 g/mol. The van der Waals surface area contributed by atoms with Crippen LogP contribution in [0.1, 0.15) is 44.7 Å². The molecule has 88 valence electrons. The third kappa shape index (κ3) is 3.50. The topological polar surface area (TPSA) is 12.0 Å². The summed E-state index contributed by atoms with van der Waals surface area (Å²) in [4.78, 5) is 0. The van der Waals surface area contributed by atoms with Gasteiger partial charge in [0.15, 0.2) is 0 Å². The highest BCUT2D eigenvalue weighted by atomic mass is 35.5. The minimum Gasteiger partial charge on any atom is -0.308 e. The molecule has 2 heteroatoms. The van der Waals surface area contributed by atoms with Gasteiger partial charge in [-0.05, 0) is 43.9 Å². The Morgan fingerprint density at radius 3 is 2.75 bits per heavy atom. The normalized spacial score (nSPS) is 19.4. The Kier molecular flexibility index (Phi) is 3.88. The van der Waals surface area contributed by atoms with Crippen LogP contribution < -0.4 is 5.32 Å². The maximum atomic E-state index is 5.99. The Balaban J connectivity index is 1.88. The molecule has 0 heterocycles. The van der Waals surface area contributed by atoms with Crippen molar-refractivity contribution >= 4 is 11.6 Å². The molecule has 2 atom stereocenters. The summed E-state index contributed by atoms with van der Waals surface area (Å²) in [6.45, 7) is 4.48. The van der Waals surface area contributed by atoms with Gasteiger partial charge in [-0.15, -0.1) is 0 Å². The fourth-order valence-electron chi connectivity index (χ4n) is 2.22. The first-order chi connectivity index (χ1) is 7.65. The van der Waals surface area contributed by atoms with Gasteiger partial charge in [-0.2, -0.15) is 0 Å². The first-order valence-corrected chi connectivity index (χ1v) is 6.54. The first-order valence-electron chi connectivity index (χ1n) is 6.16. The highest BCUT2D eigenvalue weighted by Gasteiger charge is 2.24. The van der Waals surface area contributed by atoms with E-state index in [1.807, 2.05) is 18.2 Å². The van der Waals surface area contributed by atoms with Gasteiger partial charge in [0, 0.05) is 17.1 Å². The summed E-state index contributed by atoms with van der Waals surface area (Å²) in [5, 5.41) is 4.46. The zero-order valence-electron chi connectivity index (χ0n) is 10.0. The Labute approximate surface area is 103 Å². The van der Waals surface area contributed by atoms with Crippen molar-refractivity contribution in [1.82, 2.24) is 5.32 Å². The summed E-state index contributed by atoms with van der Waals surface area (Å²) in [5.74, 6) is 0.981. The Morgan fingerprint density at radius 1 is 1.38 bits per heavy atom. The molecule has 16 heavy (non-hydrogen) atoms. The van der Waals surface area contributed by atoms with Crippen LogP contribution >= 0.6 is 11.6 Å². The minimum absolute atomic E-state index is 0.382. The number of benzene rings is 1. The summed E-state index contributed by atoms with van der Waals surface area (Å²) in [6.07, 6.45) is 4.17. The zero-order valence-corrected chi connectivity index (χ0v) is 10.8. The van der Waals surface area contributed by atoms with E-state index in [0.29, 0.717) is 12.1 Å². The largest absolute Gasteiger partial charge is 0.308 e. The maximum absolute atomic E-state index is 5.99. The fraction of sp³-hybridized carbons (Fsp3) is 0.571. The van der Waals surface area contributed by atoms with E-state index >= 15 is 0 Å². The van der Waals surface area contributed by atoms with E-state index in [0.717, 1.165) is 10.9 Å². The van der Waals surface area contributed by atoms with Gasteiger partial charge in [0.2, 0.25) is 0 Å². The van der Waals surface area contributed by atoms with E-state index in [-0.39, 0.29) is 0 Å². The highest BCUT2D eigenvalue weighted by molar-refractivity contribution is 6.30. The van der Waals surface area contributed by atoms with E-state index < -0.39 is 0 Å². The Hall–Kier alpha value is -0.530. The van der Waals surface area contributed by atoms with Gasteiger partial charge in [0.05, 0.1) is 0 Å². The zero-order chi connectivity index (χ0) is 11.5. The molecule has 1 aliphatic carbocycles. The Morgan fingerprint density at radius 2 is 2.12 bits per heavy atom. The monoisotopic (exact) mass is 237 g/mol. The first kappa shape index (κ1) is 11.9. The smallest absolute Gasteiger partial charge is 0.0409 e. The van der Waals surface area contributed by atoms with Gasteiger partial charge >= 0.3 is 0 Å². The molecule has 1 aliphatic rings. The lowest BCUT2D eigenvalue weighted by molar-refractivity contribution is 0.438. The number of nitrogens with one attached hydrogen (secondary N) is 1. The molecule has 1 fully saturated rings. The second kappa shape index (κ2) is 5.20. The molecule has 1 unspecified atom stereocenters. The van der Waals surface area contributed by atoms with Crippen molar-refractivity contribution < 1.29 is 0 Å². The van der Waals surface area contributed by atoms with E-state index in [4.69, 9.17) is 11.6 Å².